The first-order valence-electron chi connectivity index (χ1n) is 1.93. The van der Waals surface area contributed by atoms with E-state index in [9.17, 15) is 0 Å². The van der Waals surface area contributed by atoms with Crippen LogP contribution in [0.5, 0.6) is 0 Å². The van der Waals surface area contributed by atoms with Gasteiger partial charge in [0.1, 0.15) is 3.70 Å². The van der Waals surface area contributed by atoms with Crippen LogP contribution in [0.15, 0.2) is 12.3 Å². The van der Waals surface area contributed by atoms with Crippen LogP contribution in [0.4, 0.5) is 0 Å². The fraction of sp³-hybridized carbons (Fsp3) is 0. The van der Waals surface area contributed by atoms with E-state index in [1.165, 1.54) is 0 Å². The van der Waals surface area contributed by atoms with Crippen LogP contribution < -0.4 is 0 Å². The molecule has 0 saturated heterocycles. The highest BCUT2D eigenvalue weighted by Crippen LogP contribution is 2.03. The topological polar surface area (TPSA) is 25.8 Å². The molecule has 2 nitrogen and oxygen atoms in total. The molecule has 0 aliphatic rings. The molecule has 1 rings (SSSR count). The van der Waals surface area contributed by atoms with Crippen molar-refractivity contribution in [3.05, 3.63) is 19.5 Å². The lowest BCUT2D eigenvalue weighted by molar-refractivity contribution is 0.994. The molecule has 0 atom stereocenters. The average Bonchev–Trinajstić information content (AvgIpc) is 1.64. The molecule has 1 aromatic heterocycles. The molecule has 1 heterocycles. The highest BCUT2D eigenvalue weighted by atomic mass is 127. The van der Waals surface area contributed by atoms with Crippen LogP contribution in [0.25, 0.3) is 0 Å². The minimum atomic E-state index is 0.939. The summed E-state index contributed by atoms with van der Waals surface area (Å²) in [5.41, 5.74) is 0. The van der Waals surface area contributed by atoms with Crippen molar-refractivity contribution in [2.45, 2.75) is 0 Å². The number of halogens is 2. The van der Waals surface area contributed by atoms with E-state index >= 15 is 0 Å². The van der Waals surface area contributed by atoms with Crippen LogP contribution in [0, 0.1) is 7.27 Å². The van der Waals surface area contributed by atoms with E-state index in [1.807, 2.05) is 6.07 Å². The zero-order valence-electron chi connectivity index (χ0n) is 3.81. The molecule has 0 bridgehead atoms. The molecule has 0 spiro atoms. The van der Waals surface area contributed by atoms with Gasteiger partial charge < -0.3 is 0 Å². The van der Waals surface area contributed by atoms with Crippen molar-refractivity contribution in [1.82, 2.24) is 10.2 Å². The number of aromatic nitrogens is 2. The van der Waals surface area contributed by atoms with Crippen LogP contribution in [-0.4, -0.2) is 10.2 Å². The molecule has 0 aromatic carbocycles. The molecule has 0 saturated carbocycles. The standard InChI is InChI=1S/C4H2I2N2/c5-3-1-4(6)8-7-2-3/h1-2H. The summed E-state index contributed by atoms with van der Waals surface area (Å²) in [5.74, 6) is 0. The number of hydrogen-bond donors (Lipinski definition) is 0. The van der Waals surface area contributed by atoms with Crippen molar-refractivity contribution in [3.63, 3.8) is 0 Å². The number of rotatable bonds is 0. The summed E-state index contributed by atoms with van der Waals surface area (Å²) in [5, 5.41) is 7.49. The maximum absolute atomic E-state index is 3.77. The van der Waals surface area contributed by atoms with E-state index in [1.54, 1.807) is 6.20 Å². The summed E-state index contributed by atoms with van der Waals surface area (Å²) in [4.78, 5) is 0. The first kappa shape index (κ1) is 6.66. The lowest BCUT2D eigenvalue weighted by atomic mass is 10.6. The first-order chi connectivity index (χ1) is 3.79. The van der Waals surface area contributed by atoms with Crippen molar-refractivity contribution in [2.24, 2.45) is 0 Å². The highest BCUT2D eigenvalue weighted by molar-refractivity contribution is 14.1. The smallest absolute Gasteiger partial charge is 0.125 e. The van der Waals surface area contributed by atoms with E-state index in [-0.39, 0.29) is 0 Å². The normalized spacial score (nSPS) is 9.25. The van der Waals surface area contributed by atoms with Gasteiger partial charge in [-0.3, -0.25) is 0 Å². The molecule has 0 N–H and O–H groups in total. The fourth-order valence-corrected chi connectivity index (χ4v) is 1.79. The molecule has 1 aromatic rings. The van der Waals surface area contributed by atoms with E-state index in [2.05, 4.69) is 55.4 Å². The molecule has 4 heteroatoms. The summed E-state index contributed by atoms with van der Waals surface area (Å²) in [6.45, 7) is 0. The third kappa shape index (κ3) is 1.81. The van der Waals surface area contributed by atoms with Gasteiger partial charge in [-0.15, -0.1) is 5.10 Å². The van der Waals surface area contributed by atoms with Gasteiger partial charge in [0.2, 0.25) is 0 Å². The summed E-state index contributed by atoms with van der Waals surface area (Å²) in [6.07, 6.45) is 1.72. The van der Waals surface area contributed by atoms with Gasteiger partial charge in [0.05, 0.1) is 6.20 Å². The van der Waals surface area contributed by atoms with Gasteiger partial charge in [-0.1, -0.05) is 0 Å². The van der Waals surface area contributed by atoms with E-state index < -0.39 is 0 Å². The van der Waals surface area contributed by atoms with Crippen molar-refractivity contribution in [1.29, 1.82) is 0 Å². The molecule has 0 amide bonds. The maximum Gasteiger partial charge on any atom is 0.125 e. The lowest BCUT2D eigenvalue weighted by Gasteiger charge is -1.85. The van der Waals surface area contributed by atoms with Crippen molar-refractivity contribution < 1.29 is 0 Å². The molecular formula is C4H2I2N2. The second kappa shape index (κ2) is 2.90. The Hall–Kier alpha value is 0.540. The van der Waals surface area contributed by atoms with Gasteiger partial charge in [-0.25, -0.2) is 0 Å². The summed E-state index contributed by atoms with van der Waals surface area (Å²) >= 11 is 4.33. The Morgan fingerprint density at radius 1 is 1.38 bits per heavy atom. The van der Waals surface area contributed by atoms with Gasteiger partial charge in [0, 0.05) is 3.57 Å². The van der Waals surface area contributed by atoms with Crippen molar-refractivity contribution in [3.8, 4) is 0 Å². The second-order valence-corrected chi connectivity index (χ2v) is 3.55. The first-order valence-corrected chi connectivity index (χ1v) is 4.08. The fourth-order valence-electron chi connectivity index (χ4n) is 0.319. The largest absolute Gasteiger partial charge is 0.157 e. The maximum atomic E-state index is 3.77. The molecule has 0 fully saturated rings. The average molecular weight is 332 g/mol. The van der Waals surface area contributed by atoms with Crippen LogP contribution >= 0.6 is 45.2 Å². The summed E-state index contributed by atoms with van der Waals surface area (Å²) in [6, 6.07) is 1.97. The number of nitrogens with zero attached hydrogens (tertiary/aromatic N) is 2. The van der Waals surface area contributed by atoms with Gasteiger partial charge in [-0.05, 0) is 51.2 Å². The molecule has 42 valence electrons. The molecule has 0 radical (unpaired) electrons. The van der Waals surface area contributed by atoms with Gasteiger partial charge in [0.25, 0.3) is 0 Å². The van der Waals surface area contributed by atoms with E-state index in [0.717, 1.165) is 7.27 Å². The minimum Gasteiger partial charge on any atom is -0.157 e. The molecule has 0 aliphatic heterocycles. The Bertz CT molecular complexity index is 172. The monoisotopic (exact) mass is 332 g/mol. The Morgan fingerprint density at radius 2 is 2.12 bits per heavy atom. The summed E-state index contributed by atoms with van der Waals surface area (Å²) < 4.78 is 2.07. The van der Waals surface area contributed by atoms with Crippen LogP contribution in [-0.2, 0) is 0 Å². The number of hydrogen-bond acceptors (Lipinski definition) is 2. The summed E-state index contributed by atoms with van der Waals surface area (Å²) in [7, 11) is 0. The predicted molar refractivity (Wildman–Crippen MR) is 47.5 cm³/mol. The Balaban J connectivity index is 3.08. The molecule has 0 unspecified atom stereocenters. The Kier molecular flexibility index (Phi) is 2.42. The third-order valence-electron chi connectivity index (χ3n) is 0.591. The van der Waals surface area contributed by atoms with E-state index in [4.69, 9.17) is 0 Å². The Morgan fingerprint density at radius 3 is 2.50 bits per heavy atom. The zero-order chi connectivity index (χ0) is 5.98. The van der Waals surface area contributed by atoms with Gasteiger partial charge in [0.15, 0.2) is 0 Å². The second-order valence-electron chi connectivity index (χ2n) is 1.20. The quantitative estimate of drug-likeness (QED) is 0.676. The predicted octanol–water partition coefficient (Wildman–Crippen LogP) is 1.69. The molecule has 8 heavy (non-hydrogen) atoms. The highest BCUT2D eigenvalue weighted by Gasteiger charge is 1.86. The van der Waals surface area contributed by atoms with E-state index in [0.29, 0.717) is 0 Å². The lowest BCUT2D eigenvalue weighted by Crippen LogP contribution is -1.84. The van der Waals surface area contributed by atoms with Crippen LogP contribution in [0.2, 0.25) is 0 Å². The van der Waals surface area contributed by atoms with Gasteiger partial charge >= 0.3 is 0 Å². The SMILES string of the molecule is Ic1cnnc(I)c1. The minimum absolute atomic E-state index is 0.939. The molecule has 0 aliphatic carbocycles. The third-order valence-corrected chi connectivity index (χ3v) is 1.71. The molecular weight excluding hydrogens is 330 g/mol. The van der Waals surface area contributed by atoms with Crippen molar-refractivity contribution in [2.75, 3.05) is 0 Å². The van der Waals surface area contributed by atoms with Crippen LogP contribution in [0.1, 0.15) is 0 Å². The van der Waals surface area contributed by atoms with Gasteiger partial charge in [-0.2, -0.15) is 5.10 Å². The Labute approximate surface area is 74.4 Å². The van der Waals surface area contributed by atoms with Crippen LogP contribution in [0.3, 0.4) is 0 Å². The zero-order valence-corrected chi connectivity index (χ0v) is 8.12. The van der Waals surface area contributed by atoms with Crippen molar-refractivity contribution >= 4 is 45.2 Å².